The van der Waals surface area contributed by atoms with Crippen LogP contribution in [-0.4, -0.2) is 20.7 Å². The highest BCUT2D eigenvalue weighted by Crippen LogP contribution is 2.29. The SMILES string of the molecule is CC(C)N(Cc1cccs1)c1ccc(S(C)(=O)=O)cc1N. The zero-order valence-electron chi connectivity index (χ0n) is 12.4. The minimum Gasteiger partial charge on any atom is -0.397 e. The highest BCUT2D eigenvalue weighted by molar-refractivity contribution is 7.90. The van der Waals surface area contributed by atoms with E-state index in [0.29, 0.717) is 5.69 Å². The van der Waals surface area contributed by atoms with Crippen LogP contribution in [0.1, 0.15) is 18.7 Å². The summed E-state index contributed by atoms with van der Waals surface area (Å²) >= 11 is 1.70. The molecule has 114 valence electrons. The Morgan fingerprint density at radius 1 is 1.29 bits per heavy atom. The molecule has 0 spiro atoms. The summed E-state index contributed by atoms with van der Waals surface area (Å²) in [5, 5.41) is 2.05. The summed E-state index contributed by atoms with van der Waals surface area (Å²) in [6.45, 7) is 4.95. The van der Waals surface area contributed by atoms with Gasteiger partial charge in [-0.3, -0.25) is 0 Å². The molecule has 4 nitrogen and oxygen atoms in total. The number of nitrogens with zero attached hydrogens (tertiary/aromatic N) is 1. The normalized spacial score (nSPS) is 11.8. The van der Waals surface area contributed by atoms with Crippen molar-refractivity contribution in [3.63, 3.8) is 0 Å². The first-order chi connectivity index (χ1) is 9.79. The van der Waals surface area contributed by atoms with E-state index in [-0.39, 0.29) is 10.9 Å². The van der Waals surface area contributed by atoms with Crippen molar-refractivity contribution in [3.05, 3.63) is 40.6 Å². The molecule has 0 aliphatic heterocycles. The van der Waals surface area contributed by atoms with Crippen molar-refractivity contribution >= 4 is 32.5 Å². The fraction of sp³-hybridized carbons (Fsp3) is 0.333. The largest absolute Gasteiger partial charge is 0.397 e. The van der Waals surface area contributed by atoms with Gasteiger partial charge in [0.25, 0.3) is 0 Å². The van der Waals surface area contributed by atoms with E-state index in [1.54, 1.807) is 23.5 Å². The van der Waals surface area contributed by atoms with E-state index in [1.165, 1.54) is 17.2 Å². The van der Waals surface area contributed by atoms with Crippen LogP contribution in [0, 0.1) is 0 Å². The molecule has 0 aliphatic carbocycles. The predicted molar refractivity (Wildman–Crippen MR) is 89.6 cm³/mol. The molecule has 0 saturated carbocycles. The molecule has 21 heavy (non-hydrogen) atoms. The minimum atomic E-state index is -3.23. The van der Waals surface area contributed by atoms with Gasteiger partial charge in [0.15, 0.2) is 9.84 Å². The third-order valence-corrected chi connectivity index (χ3v) is 5.24. The molecule has 2 rings (SSSR count). The molecule has 0 radical (unpaired) electrons. The smallest absolute Gasteiger partial charge is 0.175 e. The number of thiophene rings is 1. The van der Waals surface area contributed by atoms with Crippen molar-refractivity contribution in [1.82, 2.24) is 0 Å². The van der Waals surface area contributed by atoms with Crippen LogP contribution < -0.4 is 10.6 Å². The first-order valence-electron chi connectivity index (χ1n) is 6.67. The molecule has 2 N–H and O–H groups in total. The number of benzene rings is 1. The standard InChI is InChI=1S/C15H20N2O2S2/c1-11(2)17(10-12-5-4-8-20-12)15-7-6-13(9-14(15)16)21(3,18)19/h4-9,11H,10,16H2,1-3H3. The molecule has 0 fully saturated rings. The van der Waals surface area contributed by atoms with Crippen LogP contribution in [0.2, 0.25) is 0 Å². The number of hydrogen-bond donors (Lipinski definition) is 1. The summed E-state index contributed by atoms with van der Waals surface area (Å²) < 4.78 is 23.2. The van der Waals surface area contributed by atoms with Crippen LogP contribution in [0.4, 0.5) is 11.4 Å². The third kappa shape index (κ3) is 3.77. The van der Waals surface area contributed by atoms with Crippen molar-refractivity contribution in [2.24, 2.45) is 0 Å². The number of nitrogen functional groups attached to an aromatic ring is 1. The Balaban J connectivity index is 2.37. The molecule has 2 aromatic rings. The summed E-state index contributed by atoms with van der Waals surface area (Å²) in [5.41, 5.74) is 7.44. The molecule has 6 heteroatoms. The van der Waals surface area contributed by atoms with Gasteiger partial charge in [-0.2, -0.15) is 0 Å². The molecule has 0 unspecified atom stereocenters. The summed E-state index contributed by atoms with van der Waals surface area (Å²) in [6.07, 6.45) is 1.19. The van der Waals surface area contributed by atoms with Crippen molar-refractivity contribution in [2.45, 2.75) is 31.3 Å². The second-order valence-corrected chi connectivity index (χ2v) is 8.34. The van der Waals surface area contributed by atoms with Crippen molar-refractivity contribution in [2.75, 3.05) is 16.9 Å². The second kappa shape index (κ2) is 6.07. The van der Waals surface area contributed by atoms with Gasteiger partial charge >= 0.3 is 0 Å². The first kappa shape index (κ1) is 15.9. The molecular weight excluding hydrogens is 304 g/mol. The Morgan fingerprint density at radius 3 is 2.48 bits per heavy atom. The summed E-state index contributed by atoms with van der Waals surface area (Å²) in [7, 11) is -3.23. The highest BCUT2D eigenvalue weighted by atomic mass is 32.2. The van der Waals surface area contributed by atoms with Crippen LogP contribution in [-0.2, 0) is 16.4 Å². The zero-order chi connectivity index (χ0) is 15.6. The Hall–Kier alpha value is -1.53. The van der Waals surface area contributed by atoms with Gasteiger partial charge in [-0.25, -0.2) is 8.42 Å². The highest BCUT2D eigenvalue weighted by Gasteiger charge is 2.17. The first-order valence-corrected chi connectivity index (χ1v) is 9.44. The van der Waals surface area contributed by atoms with E-state index in [2.05, 4.69) is 24.8 Å². The van der Waals surface area contributed by atoms with E-state index in [1.807, 2.05) is 11.4 Å². The van der Waals surface area contributed by atoms with Gasteiger partial charge in [-0.1, -0.05) is 6.07 Å². The molecule has 0 aliphatic rings. The maximum absolute atomic E-state index is 11.6. The fourth-order valence-corrected chi connectivity index (χ4v) is 3.50. The van der Waals surface area contributed by atoms with Gasteiger partial charge in [-0.15, -0.1) is 11.3 Å². The van der Waals surface area contributed by atoms with Crippen LogP contribution in [0.25, 0.3) is 0 Å². The minimum absolute atomic E-state index is 0.253. The number of anilines is 2. The zero-order valence-corrected chi connectivity index (χ0v) is 14.0. The van der Waals surface area contributed by atoms with E-state index in [9.17, 15) is 8.42 Å². The predicted octanol–water partition coefficient (Wildman–Crippen LogP) is 3.15. The molecule has 1 aromatic heterocycles. The lowest BCUT2D eigenvalue weighted by Gasteiger charge is -2.30. The molecule has 0 atom stereocenters. The third-order valence-electron chi connectivity index (χ3n) is 3.27. The molecule has 0 saturated heterocycles. The lowest BCUT2D eigenvalue weighted by molar-refractivity contribution is 0.602. The average Bonchev–Trinajstić information content (AvgIpc) is 2.88. The number of rotatable bonds is 5. The van der Waals surface area contributed by atoms with Crippen LogP contribution in [0.15, 0.2) is 40.6 Å². The second-order valence-electron chi connectivity index (χ2n) is 5.29. The monoisotopic (exact) mass is 324 g/mol. The van der Waals surface area contributed by atoms with Crippen LogP contribution in [0.3, 0.4) is 0 Å². The summed E-state index contributed by atoms with van der Waals surface area (Å²) in [4.78, 5) is 3.67. The Morgan fingerprint density at radius 2 is 2.00 bits per heavy atom. The quantitative estimate of drug-likeness (QED) is 0.858. The Labute approximate surface area is 130 Å². The van der Waals surface area contributed by atoms with Crippen LogP contribution >= 0.6 is 11.3 Å². The fourth-order valence-electron chi connectivity index (χ4n) is 2.14. The average molecular weight is 324 g/mol. The van der Waals surface area contributed by atoms with Crippen LogP contribution in [0.5, 0.6) is 0 Å². The number of hydrogen-bond acceptors (Lipinski definition) is 5. The Bertz CT molecular complexity index is 707. The van der Waals surface area contributed by atoms with E-state index >= 15 is 0 Å². The number of nitrogens with two attached hydrogens (primary N) is 1. The van der Waals surface area contributed by atoms with Gasteiger partial charge in [0.2, 0.25) is 0 Å². The summed E-state index contributed by atoms with van der Waals surface area (Å²) in [6, 6.07) is 9.31. The van der Waals surface area contributed by atoms with Gasteiger partial charge in [-0.05, 0) is 43.5 Å². The lowest BCUT2D eigenvalue weighted by Crippen LogP contribution is -2.30. The van der Waals surface area contributed by atoms with Gasteiger partial charge in [0.1, 0.15) is 0 Å². The maximum Gasteiger partial charge on any atom is 0.175 e. The van der Waals surface area contributed by atoms with Gasteiger partial charge in [0, 0.05) is 17.2 Å². The molecular formula is C15H20N2O2S2. The van der Waals surface area contributed by atoms with E-state index in [4.69, 9.17) is 5.73 Å². The van der Waals surface area contributed by atoms with Crippen molar-refractivity contribution in [1.29, 1.82) is 0 Å². The van der Waals surface area contributed by atoms with E-state index < -0.39 is 9.84 Å². The molecule has 1 heterocycles. The number of sulfone groups is 1. The van der Waals surface area contributed by atoms with Gasteiger partial charge < -0.3 is 10.6 Å². The van der Waals surface area contributed by atoms with Crippen molar-refractivity contribution < 1.29 is 8.42 Å². The van der Waals surface area contributed by atoms with Crippen molar-refractivity contribution in [3.8, 4) is 0 Å². The van der Waals surface area contributed by atoms with E-state index in [0.717, 1.165) is 12.2 Å². The van der Waals surface area contributed by atoms with Gasteiger partial charge in [0.05, 0.1) is 22.8 Å². The molecule has 0 amide bonds. The molecule has 0 bridgehead atoms. The topological polar surface area (TPSA) is 63.4 Å². The maximum atomic E-state index is 11.6. The Kier molecular flexibility index (Phi) is 4.58. The lowest BCUT2D eigenvalue weighted by atomic mass is 10.2. The molecule has 1 aromatic carbocycles. The summed E-state index contributed by atoms with van der Waals surface area (Å²) in [5.74, 6) is 0.